The fourth-order valence-electron chi connectivity index (χ4n) is 1.32. The van der Waals surface area contributed by atoms with E-state index in [-0.39, 0.29) is 5.69 Å². The van der Waals surface area contributed by atoms with Crippen LogP contribution in [0.2, 0.25) is 0 Å². The molecule has 0 aliphatic carbocycles. The number of hydrogen-bond donors (Lipinski definition) is 2. The van der Waals surface area contributed by atoms with Crippen molar-refractivity contribution in [1.29, 1.82) is 5.26 Å². The molecular formula is C12H13N3O3S. The van der Waals surface area contributed by atoms with Gasteiger partial charge in [-0.05, 0) is 30.6 Å². The molecule has 0 aliphatic rings. The van der Waals surface area contributed by atoms with Gasteiger partial charge in [-0.15, -0.1) is 0 Å². The van der Waals surface area contributed by atoms with Crippen LogP contribution in [-0.2, 0) is 4.79 Å². The van der Waals surface area contributed by atoms with Crippen LogP contribution in [0.1, 0.15) is 22.5 Å². The Morgan fingerprint density at radius 2 is 2.32 bits per heavy atom. The van der Waals surface area contributed by atoms with Crippen molar-refractivity contribution < 1.29 is 14.7 Å². The summed E-state index contributed by atoms with van der Waals surface area (Å²) < 4.78 is 0. The third-order valence-corrected chi connectivity index (χ3v) is 2.98. The van der Waals surface area contributed by atoms with Crippen LogP contribution < -0.4 is 5.32 Å². The number of nitrogens with one attached hydrogen (secondary N) is 1. The lowest BCUT2D eigenvalue weighted by Gasteiger charge is -2.13. The van der Waals surface area contributed by atoms with E-state index in [2.05, 4.69) is 10.3 Å². The number of aromatic nitrogens is 1. The lowest BCUT2D eigenvalue weighted by molar-refractivity contribution is -0.139. The van der Waals surface area contributed by atoms with Gasteiger partial charge in [-0.1, -0.05) is 0 Å². The van der Waals surface area contributed by atoms with Gasteiger partial charge in [0.2, 0.25) is 0 Å². The van der Waals surface area contributed by atoms with E-state index in [4.69, 9.17) is 10.4 Å². The number of nitriles is 1. The first-order valence-corrected chi connectivity index (χ1v) is 6.86. The zero-order valence-electron chi connectivity index (χ0n) is 10.3. The molecule has 0 bridgehead atoms. The zero-order chi connectivity index (χ0) is 14.3. The van der Waals surface area contributed by atoms with Crippen LogP contribution in [-0.4, -0.2) is 40.0 Å². The Bertz CT molecular complexity index is 496. The average Bonchev–Trinajstić information content (AvgIpc) is 2.43. The molecule has 6 nitrogen and oxygen atoms in total. The van der Waals surface area contributed by atoms with Crippen molar-refractivity contribution >= 4 is 23.6 Å². The summed E-state index contributed by atoms with van der Waals surface area (Å²) in [5.74, 6) is -0.994. The minimum atomic E-state index is -1.07. The molecule has 2 N–H and O–H groups in total. The second-order valence-electron chi connectivity index (χ2n) is 3.69. The summed E-state index contributed by atoms with van der Waals surface area (Å²) in [5.41, 5.74) is 0.433. The molecule has 19 heavy (non-hydrogen) atoms. The molecule has 1 aromatic rings. The number of carbonyl (C=O) groups is 2. The second kappa shape index (κ2) is 7.38. The van der Waals surface area contributed by atoms with E-state index in [0.29, 0.717) is 17.7 Å². The number of hydrogen-bond acceptors (Lipinski definition) is 5. The third kappa shape index (κ3) is 4.60. The van der Waals surface area contributed by atoms with Crippen molar-refractivity contribution in [3.8, 4) is 6.07 Å². The number of aliphatic carboxylic acids is 1. The lowest BCUT2D eigenvalue weighted by Crippen LogP contribution is -2.41. The first-order valence-electron chi connectivity index (χ1n) is 5.47. The average molecular weight is 279 g/mol. The number of carboxylic acid groups (broad SMARTS) is 1. The fourth-order valence-corrected chi connectivity index (χ4v) is 1.79. The summed E-state index contributed by atoms with van der Waals surface area (Å²) in [6.07, 6.45) is 3.48. The second-order valence-corrected chi connectivity index (χ2v) is 4.68. The molecule has 0 aromatic carbocycles. The van der Waals surface area contributed by atoms with Crippen molar-refractivity contribution in [2.45, 2.75) is 12.5 Å². The summed E-state index contributed by atoms with van der Waals surface area (Å²) in [6.45, 7) is 0. The number of carboxylic acids is 1. The first-order chi connectivity index (χ1) is 9.08. The van der Waals surface area contributed by atoms with Crippen molar-refractivity contribution in [3.05, 3.63) is 29.6 Å². The molecule has 0 aliphatic heterocycles. The summed E-state index contributed by atoms with van der Waals surface area (Å²) in [5, 5.41) is 20.0. The number of pyridine rings is 1. The highest BCUT2D eigenvalue weighted by Crippen LogP contribution is 2.03. The molecule has 0 saturated carbocycles. The van der Waals surface area contributed by atoms with Crippen LogP contribution in [0.4, 0.5) is 0 Å². The molecule has 1 rings (SSSR count). The smallest absolute Gasteiger partial charge is 0.326 e. The Morgan fingerprint density at radius 3 is 2.79 bits per heavy atom. The monoisotopic (exact) mass is 279 g/mol. The van der Waals surface area contributed by atoms with E-state index >= 15 is 0 Å². The van der Waals surface area contributed by atoms with Crippen molar-refractivity contribution in [3.63, 3.8) is 0 Å². The Balaban J connectivity index is 2.70. The maximum atomic E-state index is 11.8. The molecule has 1 amide bonds. The third-order valence-electron chi connectivity index (χ3n) is 2.34. The number of nitrogens with zero attached hydrogens (tertiary/aromatic N) is 2. The van der Waals surface area contributed by atoms with E-state index < -0.39 is 17.9 Å². The minimum Gasteiger partial charge on any atom is -0.480 e. The van der Waals surface area contributed by atoms with Gasteiger partial charge in [-0.2, -0.15) is 17.0 Å². The zero-order valence-corrected chi connectivity index (χ0v) is 11.1. The Kier molecular flexibility index (Phi) is 5.82. The van der Waals surface area contributed by atoms with E-state index in [1.807, 2.05) is 12.3 Å². The number of carbonyl (C=O) groups excluding carboxylic acids is 1. The van der Waals surface area contributed by atoms with Gasteiger partial charge in [0.1, 0.15) is 17.8 Å². The van der Waals surface area contributed by atoms with Crippen LogP contribution in [0.25, 0.3) is 0 Å². The van der Waals surface area contributed by atoms with E-state index in [9.17, 15) is 9.59 Å². The van der Waals surface area contributed by atoms with Gasteiger partial charge in [0.05, 0.1) is 5.56 Å². The number of rotatable bonds is 6. The van der Waals surface area contributed by atoms with Crippen LogP contribution in [0.15, 0.2) is 18.3 Å². The Labute approximate surface area is 114 Å². The first kappa shape index (κ1) is 15.0. The van der Waals surface area contributed by atoms with Gasteiger partial charge >= 0.3 is 5.97 Å². The molecule has 0 saturated heterocycles. The van der Waals surface area contributed by atoms with E-state index in [1.165, 1.54) is 30.1 Å². The molecule has 1 unspecified atom stereocenters. The number of thioether (sulfide) groups is 1. The molecule has 7 heteroatoms. The van der Waals surface area contributed by atoms with E-state index in [1.54, 1.807) is 0 Å². The van der Waals surface area contributed by atoms with Crippen LogP contribution in [0, 0.1) is 11.3 Å². The van der Waals surface area contributed by atoms with Crippen molar-refractivity contribution in [2.24, 2.45) is 0 Å². The van der Waals surface area contributed by atoms with Gasteiger partial charge in [0.15, 0.2) is 0 Å². The lowest BCUT2D eigenvalue weighted by atomic mass is 10.2. The van der Waals surface area contributed by atoms with Gasteiger partial charge in [0.25, 0.3) is 5.91 Å². The largest absolute Gasteiger partial charge is 0.480 e. The molecule has 1 aromatic heterocycles. The molecular weight excluding hydrogens is 266 g/mol. The van der Waals surface area contributed by atoms with Gasteiger partial charge in [-0.25, -0.2) is 9.78 Å². The molecule has 0 spiro atoms. The molecule has 0 radical (unpaired) electrons. The van der Waals surface area contributed by atoms with Crippen molar-refractivity contribution in [2.75, 3.05) is 12.0 Å². The summed E-state index contributed by atoms with van der Waals surface area (Å²) >= 11 is 1.51. The quantitative estimate of drug-likeness (QED) is 0.801. The molecule has 0 fully saturated rings. The van der Waals surface area contributed by atoms with Crippen LogP contribution >= 0.6 is 11.8 Å². The molecule has 1 atom stereocenters. The molecule has 100 valence electrons. The topological polar surface area (TPSA) is 103 Å². The van der Waals surface area contributed by atoms with Gasteiger partial charge in [0, 0.05) is 6.20 Å². The predicted molar refractivity (Wildman–Crippen MR) is 70.8 cm³/mol. The highest BCUT2D eigenvalue weighted by atomic mass is 32.2. The number of amides is 1. The summed E-state index contributed by atoms with van der Waals surface area (Å²) in [7, 11) is 0. The highest BCUT2D eigenvalue weighted by Gasteiger charge is 2.20. The van der Waals surface area contributed by atoms with E-state index in [0.717, 1.165) is 0 Å². The van der Waals surface area contributed by atoms with Gasteiger partial charge < -0.3 is 10.4 Å². The summed E-state index contributed by atoms with van der Waals surface area (Å²) in [4.78, 5) is 26.6. The summed E-state index contributed by atoms with van der Waals surface area (Å²) in [6, 6.07) is 3.80. The normalized spacial score (nSPS) is 11.4. The maximum absolute atomic E-state index is 11.8. The Morgan fingerprint density at radius 1 is 1.58 bits per heavy atom. The maximum Gasteiger partial charge on any atom is 0.326 e. The van der Waals surface area contributed by atoms with Crippen molar-refractivity contribution in [1.82, 2.24) is 10.3 Å². The van der Waals surface area contributed by atoms with Crippen LogP contribution in [0.3, 0.4) is 0 Å². The predicted octanol–water partition coefficient (Wildman–Crippen LogP) is 0.889. The SMILES string of the molecule is CSCCC(NC(=O)c1ccc(C#N)cn1)C(=O)O. The fraction of sp³-hybridized carbons (Fsp3) is 0.333. The van der Waals surface area contributed by atoms with Crippen LogP contribution in [0.5, 0.6) is 0 Å². The molecule has 1 heterocycles. The minimum absolute atomic E-state index is 0.0920. The van der Waals surface area contributed by atoms with Gasteiger partial charge in [-0.3, -0.25) is 4.79 Å². The highest BCUT2D eigenvalue weighted by molar-refractivity contribution is 7.98. The Hall–Kier alpha value is -2.07. The standard InChI is InChI=1S/C12H13N3O3S/c1-19-5-4-10(12(17)18)15-11(16)9-3-2-8(6-13)7-14-9/h2-3,7,10H,4-5H2,1H3,(H,15,16)(H,17,18).